The van der Waals surface area contributed by atoms with Crippen LogP contribution in [0.25, 0.3) is 0 Å². The molecule has 0 saturated heterocycles. The molecule has 1 aromatic heterocycles. The summed E-state index contributed by atoms with van der Waals surface area (Å²) in [4.78, 5) is 8.59. The van der Waals surface area contributed by atoms with E-state index in [0.29, 0.717) is 18.2 Å². The normalized spacial score (nSPS) is 13.8. The molecule has 1 rings (SSSR count). The minimum atomic E-state index is -0.128. The Hall–Kier alpha value is -0.430. The summed E-state index contributed by atoms with van der Waals surface area (Å²) in [6.07, 6.45) is 1.60. The van der Waals surface area contributed by atoms with Crippen LogP contribution in [0, 0.1) is 8.99 Å². The highest BCUT2D eigenvalue weighted by atomic mass is 127. The van der Waals surface area contributed by atoms with Gasteiger partial charge in [-0.15, -0.1) is 0 Å². The van der Waals surface area contributed by atoms with Gasteiger partial charge in [0.1, 0.15) is 11.9 Å². The lowest BCUT2D eigenvalue weighted by Crippen LogP contribution is -2.24. The zero-order chi connectivity index (χ0) is 12.3. The van der Waals surface area contributed by atoms with Crippen molar-refractivity contribution in [3.8, 4) is 0 Å². The number of aromatic nitrogens is 2. The standard InChI is InChI=1S/C11H18IN3O/c1-5-16-8(11(2,3)4)10-14-6-7(12)9(13)15-10/h6,8H,5H2,1-4H3,(H2,13,14,15). The van der Waals surface area contributed by atoms with E-state index in [4.69, 9.17) is 10.5 Å². The molecule has 0 aliphatic rings. The van der Waals surface area contributed by atoms with Crippen LogP contribution in [0.15, 0.2) is 6.20 Å². The number of nitrogen functional groups attached to an aromatic ring is 1. The molecule has 0 aliphatic heterocycles. The molecule has 5 heteroatoms. The van der Waals surface area contributed by atoms with E-state index in [9.17, 15) is 0 Å². The molecule has 16 heavy (non-hydrogen) atoms. The molecule has 4 nitrogen and oxygen atoms in total. The summed E-state index contributed by atoms with van der Waals surface area (Å²) in [7, 11) is 0. The summed E-state index contributed by atoms with van der Waals surface area (Å²) in [6.45, 7) is 8.91. The molecule has 1 atom stereocenters. The van der Waals surface area contributed by atoms with Crippen molar-refractivity contribution in [2.45, 2.75) is 33.8 Å². The molecule has 0 radical (unpaired) electrons. The Labute approximate surface area is 110 Å². The Balaban J connectivity index is 3.06. The number of rotatable bonds is 3. The van der Waals surface area contributed by atoms with Gasteiger partial charge in [-0.25, -0.2) is 9.97 Å². The van der Waals surface area contributed by atoms with Gasteiger partial charge in [-0.3, -0.25) is 0 Å². The van der Waals surface area contributed by atoms with Crippen LogP contribution in [0.4, 0.5) is 5.82 Å². The van der Waals surface area contributed by atoms with E-state index in [-0.39, 0.29) is 11.5 Å². The van der Waals surface area contributed by atoms with E-state index in [1.807, 2.05) is 6.92 Å². The minimum Gasteiger partial charge on any atom is -0.383 e. The third-order valence-corrected chi connectivity index (χ3v) is 2.98. The highest BCUT2D eigenvalue weighted by Gasteiger charge is 2.29. The van der Waals surface area contributed by atoms with Crippen molar-refractivity contribution in [1.29, 1.82) is 0 Å². The van der Waals surface area contributed by atoms with Crippen LogP contribution < -0.4 is 5.73 Å². The molecule has 0 aliphatic carbocycles. The van der Waals surface area contributed by atoms with Gasteiger partial charge in [0.05, 0.1) is 3.57 Å². The van der Waals surface area contributed by atoms with Gasteiger partial charge in [0.2, 0.25) is 0 Å². The predicted octanol–water partition coefficient (Wildman–Crippen LogP) is 2.79. The maximum Gasteiger partial charge on any atom is 0.160 e. The van der Waals surface area contributed by atoms with Crippen LogP contribution in [0.2, 0.25) is 0 Å². The first-order valence-corrected chi connectivity index (χ1v) is 6.33. The summed E-state index contributed by atoms with van der Waals surface area (Å²) in [5, 5.41) is 0. The van der Waals surface area contributed by atoms with Gasteiger partial charge >= 0.3 is 0 Å². The third-order valence-electron chi connectivity index (χ3n) is 2.14. The second kappa shape index (κ2) is 5.27. The van der Waals surface area contributed by atoms with Crippen molar-refractivity contribution < 1.29 is 4.74 Å². The zero-order valence-electron chi connectivity index (χ0n) is 10.1. The van der Waals surface area contributed by atoms with Gasteiger partial charge in [0.25, 0.3) is 0 Å². The lowest BCUT2D eigenvalue weighted by molar-refractivity contribution is -0.0190. The molecule has 1 aromatic rings. The predicted molar refractivity (Wildman–Crippen MR) is 73.0 cm³/mol. The molecule has 0 spiro atoms. The maximum absolute atomic E-state index is 5.78. The van der Waals surface area contributed by atoms with Crippen molar-refractivity contribution in [3.63, 3.8) is 0 Å². The van der Waals surface area contributed by atoms with Crippen molar-refractivity contribution in [3.05, 3.63) is 15.6 Å². The second-order valence-corrected chi connectivity index (χ2v) is 5.82. The third kappa shape index (κ3) is 3.28. The number of halogens is 1. The van der Waals surface area contributed by atoms with Crippen molar-refractivity contribution in [1.82, 2.24) is 9.97 Å². The Bertz CT molecular complexity index is 363. The molecular formula is C11H18IN3O. The molecule has 0 amide bonds. The summed E-state index contributed by atoms with van der Waals surface area (Å²) < 4.78 is 6.57. The van der Waals surface area contributed by atoms with Crippen LogP contribution in [0.3, 0.4) is 0 Å². The molecule has 90 valence electrons. The largest absolute Gasteiger partial charge is 0.383 e. The van der Waals surface area contributed by atoms with Crippen molar-refractivity contribution in [2.24, 2.45) is 5.41 Å². The Morgan fingerprint density at radius 3 is 2.56 bits per heavy atom. The minimum absolute atomic E-state index is 0.0464. The van der Waals surface area contributed by atoms with Gasteiger partial charge in [0.15, 0.2) is 5.82 Å². The fourth-order valence-electron chi connectivity index (χ4n) is 1.40. The van der Waals surface area contributed by atoms with Gasteiger partial charge in [0, 0.05) is 12.8 Å². The summed E-state index contributed by atoms with van der Waals surface area (Å²) in [5.41, 5.74) is 5.74. The lowest BCUT2D eigenvalue weighted by atomic mass is 9.88. The summed E-state index contributed by atoms with van der Waals surface area (Å²) in [5.74, 6) is 1.17. The molecular weight excluding hydrogens is 317 g/mol. The van der Waals surface area contributed by atoms with Crippen LogP contribution in [-0.4, -0.2) is 16.6 Å². The van der Waals surface area contributed by atoms with E-state index in [0.717, 1.165) is 3.57 Å². The maximum atomic E-state index is 5.78. The Morgan fingerprint density at radius 2 is 2.12 bits per heavy atom. The smallest absolute Gasteiger partial charge is 0.160 e. The average Bonchev–Trinajstić information content (AvgIpc) is 2.17. The molecule has 0 bridgehead atoms. The van der Waals surface area contributed by atoms with Crippen LogP contribution in [0.1, 0.15) is 39.6 Å². The Morgan fingerprint density at radius 1 is 1.50 bits per heavy atom. The SMILES string of the molecule is CCOC(c1ncc(I)c(N)n1)C(C)(C)C. The molecule has 1 heterocycles. The van der Waals surface area contributed by atoms with Crippen LogP contribution in [0.5, 0.6) is 0 Å². The number of anilines is 1. The van der Waals surface area contributed by atoms with E-state index >= 15 is 0 Å². The highest BCUT2D eigenvalue weighted by Crippen LogP contribution is 2.34. The number of nitrogens with zero attached hydrogens (tertiary/aromatic N) is 2. The van der Waals surface area contributed by atoms with Crippen LogP contribution in [-0.2, 0) is 4.74 Å². The Kier molecular flexibility index (Phi) is 4.49. The molecule has 1 unspecified atom stereocenters. The average molecular weight is 335 g/mol. The summed E-state index contributed by atoms with van der Waals surface area (Å²) in [6, 6.07) is 0. The molecule has 0 aromatic carbocycles. The molecule has 0 saturated carbocycles. The molecule has 2 N–H and O–H groups in total. The van der Waals surface area contributed by atoms with E-state index in [1.54, 1.807) is 6.20 Å². The van der Waals surface area contributed by atoms with E-state index < -0.39 is 0 Å². The van der Waals surface area contributed by atoms with Crippen molar-refractivity contribution >= 4 is 28.4 Å². The second-order valence-electron chi connectivity index (χ2n) is 4.66. The van der Waals surface area contributed by atoms with Crippen molar-refractivity contribution in [2.75, 3.05) is 12.3 Å². The quantitative estimate of drug-likeness (QED) is 0.863. The first-order chi connectivity index (χ1) is 7.36. The number of hydrogen-bond donors (Lipinski definition) is 1. The van der Waals surface area contributed by atoms with Crippen LogP contribution >= 0.6 is 22.6 Å². The van der Waals surface area contributed by atoms with Gasteiger partial charge in [-0.1, -0.05) is 20.8 Å². The van der Waals surface area contributed by atoms with E-state index in [1.165, 1.54) is 0 Å². The van der Waals surface area contributed by atoms with E-state index in [2.05, 4.69) is 53.3 Å². The van der Waals surface area contributed by atoms with Gasteiger partial charge in [-0.2, -0.15) is 0 Å². The molecule has 0 fully saturated rings. The highest BCUT2D eigenvalue weighted by molar-refractivity contribution is 14.1. The van der Waals surface area contributed by atoms with Gasteiger partial charge < -0.3 is 10.5 Å². The fraction of sp³-hybridized carbons (Fsp3) is 0.636. The fourth-order valence-corrected chi connectivity index (χ4v) is 1.66. The van der Waals surface area contributed by atoms with Gasteiger partial charge in [-0.05, 0) is 34.9 Å². The monoisotopic (exact) mass is 335 g/mol. The first-order valence-electron chi connectivity index (χ1n) is 5.25. The topological polar surface area (TPSA) is 61.0 Å². The number of nitrogens with two attached hydrogens (primary N) is 1. The number of hydrogen-bond acceptors (Lipinski definition) is 4. The zero-order valence-corrected chi connectivity index (χ0v) is 12.3. The number of ether oxygens (including phenoxy) is 1. The lowest BCUT2D eigenvalue weighted by Gasteiger charge is -2.29. The first kappa shape index (κ1) is 13.6. The summed E-state index contributed by atoms with van der Waals surface area (Å²) >= 11 is 2.12.